The highest BCUT2D eigenvalue weighted by molar-refractivity contribution is 5.61. The van der Waals surface area contributed by atoms with Crippen LogP contribution in [0.1, 0.15) is 22.3 Å². The first-order chi connectivity index (χ1) is 10.4. The fraction of sp³-hybridized carbons (Fsp3) is 0.400. The fourth-order valence-electron chi connectivity index (χ4n) is 4.50. The van der Waals surface area contributed by atoms with E-state index in [0.717, 1.165) is 22.1 Å². The molecule has 2 aromatic rings. The van der Waals surface area contributed by atoms with Gasteiger partial charge in [-0.25, -0.2) is 0 Å². The molecule has 0 spiro atoms. The lowest BCUT2D eigenvalue weighted by molar-refractivity contribution is 0.289. The predicted molar refractivity (Wildman–Crippen MR) is 94.9 cm³/mol. The van der Waals surface area contributed by atoms with E-state index in [0.29, 0.717) is 0 Å². The molecule has 0 aromatic heterocycles. The van der Waals surface area contributed by atoms with E-state index in [1.165, 1.54) is 46.7 Å². The molecule has 0 N–H and O–H groups in total. The van der Waals surface area contributed by atoms with E-state index in [9.17, 15) is 0 Å². The van der Waals surface area contributed by atoms with Gasteiger partial charge in [-0.2, -0.15) is 0 Å². The van der Waals surface area contributed by atoms with E-state index in [-0.39, 0.29) is 0 Å². The minimum absolute atomic E-state index is 1.04. The lowest BCUT2D eigenvalue weighted by atomic mass is 10.0. The van der Waals surface area contributed by atoms with Gasteiger partial charge in [-0.3, -0.25) is 8.97 Å². The van der Waals surface area contributed by atoms with Crippen LogP contribution in [0.25, 0.3) is 0 Å². The highest BCUT2D eigenvalue weighted by atomic mass is 15.4. The number of rotatable bonds is 0. The second-order valence-corrected chi connectivity index (χ2v) is 7.82. The van der Waals surface area contributed by atoms with E-state index in [1.54, 1.807) is 0 Å². The van der Waals surface area contributed by atoms with Crippen LogP contribution in [0.2, 0.25) is 0 Å². The Morgan fingerprint density at radius 1 is 0.682 bits per heavy atom. The van der Waals surface area contributed by atoms with Gasteiger partial charge < -0.3 is 0 Å². The second-order valence-electron chi connectivity index (χ2n) is 7.82. The van der Waals surface area contributed by atoms with Gasteiger partial charge in [0.2, 0.25) is 0 Å². The molecule has 2 aliphatic heterocycles. The van der Waals surface area contributed by atoms with Crippen LogP contribution in [0.5, 0.6) is 0 Å². The SMILES string of the molecule is Cc1ccc2c(c1)C[N+]1(C)CC[N+]2(C)Cc2cc(C)ccc21. The number of quaternary nitrogens is 2. The third-order valence-corrected chi connectivity index (χ3v) is 5.76. The van der Waals surface area contributed by atoms with Crippen molar-refractivity contribution in [3.63, 3.8) is 0 Å². The molecule has 0 saturated heterocycles. The Labute approximate surface area is 133 Å². The van der Waals surface area contributed by atoms with Gasteiger partial charge in [0.15, 0.2) is 0 Å². The number of hydrogen-bond acceptors (Lipinski definition) is 0. The summed E-state index contributed by atoms with van der Waals surface area (Å²) in [4.78, 5) is 0. The van der Waals surface area contributed by atoms with Crippen molar-refractivity contribution in [1.29, 1.82) is 0 Å². The first-order valence-electron chi connectivity index (χ1n) is 8.29. The van der Waals surface area contributed by atoms with Gasteiger partial charge in [0, 0.05) is 0 Å². The molecule has 0 amide bonds. The highest BCUT2D eigenvalue weighted by Gasteiger charge is 2.44. The number of likely N-dealkylation sites (N-methyl/N-ethyl adjacent to an activating group) is 2. The van der Waals surface area contributed by atoms with Crippen LogP contribution in [0.4, 0.5) is 11.4 Å². The summed E-state index contributed by atoms with van der Waals surface area (Å²) in [5.74, 6) is 0. The molecular weight excluding hydrogens is 268 g/mol. The Hall–Kier alpha value is -1.64. The Morgan fingerprint density at radius 2 is 1.09 bits per heavy atom. The molecule has 0 saturated carbocycles. The number of aryl methyl sites for hydroxylation is 2. The van der Waals surface area contributed by atoms with Crippen LogP contribution >= 0.6 is 0 Å². The van der Waals surface area contributed by atoms with Crippen molar-refractivity contribution in [3.8, 4) is 0 Å². The zero-order valence-corrected chi connectivity index (χ0v) is 14.2. The van der Waals surface area contributed by atoms with Crippen molar-refractivity contribution in [2.45, 2.75) is 26.9 Å². The molecule has 114 valence electrons. The minimum Gasteiger partial charge on any atom is -0.284 e. The van der Waals surface area contributed by atoms with Gasteiger partial charge in [-0.1, -0.05) is 23.3 Å². The standard InChI is InChI=1S/C20H26N2/c1-15-5-7-19-17(11-15)13-21(3)9-10-22(19,4)14-18-12-16(2)6-8-20(18)21/h5-8,11-12H,9-10,13-14H2,1-4H3/q+2. The molecule has 0 fully saturated rings. The number of hydrogen-bond donors (Lipinski definition) is 0. The summed E-state index contributed by atoms with van der Waals surface area (Å²) in [6.45, 7) is 9.06. The van der Waals surface area contributed by atoms with Gasteiger partial charge in [-0.15, -0.1) is 0 Å². The van der Waals surface area contributed by atoms with Gasteiger partial charge in [-0.05, 0) is 38.1 Å². The third kappa shape index (κ3) is 1.94. The van der Waals surface area contributed by atoms with Gasteiger partial charge in [0.25, 0.3) is 0 Å². The topological polar surface area (TPSA) is 0 Å². The average Bonchev–Trinajstić information content (AvgIpc) is 2.61. The van der Waals surface area contributed by atoms with E-state index >= 15 is 0 Å². The monoisotopic (exact) mass is 294 g/mol. The second kappa shape index (κ2) is 4.43. The molecule has 2 heterocycles. The van der Waals surface area contributed by atoms with Crippen LogP contribution in [0.3, 0.4) is 0 Å². The highest BCUT2D eigenvalue weighted by Crippen LogP contribution is 2.42. The van der Waals surface area contributed by atoms with Crippen molar-refractivity contribution in [3.05, 3.63) is 58.7 Å². The van der Waals surface area contributed by atoms with Gasteiger partial charge >= 0.3 is 0 Å². The summed E-state index contributed by atoms with van der Waals surface area (Å²) < 4.78 is 2.08. The molecule has 2 heteroatoms. The number of benzene rings is 2. The normalized spacial score (nSPS) is 29.5. The third-order valence-electron chi connectivity index (χ3n) is 5.76. The Morgan fingerprint density at radius 3 is 1.50 bits per heavy atom. The summed E-state index contributed by atoms with van der Waals surface area (Å²) in [5, 5.41) is 0. The minimum atomic E-state index is 1.04. The molecule has 0 aliphatic carbocycles. The Kier molecular flexibility index (Phi) is 2.82. The van der Waals surface area contributed by atoms with Crippen LogP contribution in [0, 0.1) is 13.8 Å². The van der Waals surface area contributed by atoms with Gasteiger partial charge in [0.1, 0.15) is 37.6 Å². The van der Waals surface area contributed by atoms with Crippen molar-refractivity contribution in [2.75, 3.05) is 27.2 Å². The van der Waals surface area contributed by atoms with Crippen molar-refractivity contribution < 1.29 is 0 Å². The molecule has 2 aliphatic rings. The van der Waals surface area contributed by atoms with Gasteiger partial charge in [0.05, 0.1) is 25.2 Å². The molecule has 2 unspecified atom stereocenters. The summed E-state index contributed by atoms with van der Waals surface area (Å²) in [5.41, 5.74) is 8.88. The van der Waals surface area contributed by atoms with E-state index in [1.807, 2.05) is 0 Å². The largest absolute Gasteiger partial charge is 0.284 e. The van der Waals surface area contributed by atoms with E-state index in [2.05, 4.69) is 64.3 Å². The maximum atomic E-state index is 2.42. The first-order valence-corrected chi connectivity index (χ1v) is 8.29. The summed E-state index contributed by atoms with van der Waals surface area (Å²) in [7, 11) is 4.84. The predicted octanol–water partition coefficient (Wildman–Crippen LogP) is 3.91. The summed E-state index contributed by atoms with van der Waals surface area (Å²) >= 11 is 0. The van der Waals surface area contributed by atoms with E-state index in [4.69, 9.17) is 0 Å². The van der Waals surface area contributed by atoms with E-state index < -0.39 is 0 Å². The van der Waals surface area contributed by atoms with Crippen LogP contribution in [-0.2, 0) is 13.1 Å². The molecule has 2 bridgehead atoms. The first kappa shape index (κ1) is 14.0. The molecule has 2 atom stereocenters. The lowest BCUT2D eigenvalue weighted by Crippen LogP contribution is -2.49. The quantitative estimate of drug-likeness (QED) is 0.646. The molecule has 22 heavy (non-hydrogen) atoms. The Balaban J connectivity index is 1.99. The van der Waals surface area contributed by atoms with Crippen LogP contribution in [0.15, 0.2) is 36.4 Å². The maximum absolute atomic E-state index is 2.42. The van der Waals surface area contributed by atoms with Crippen molar-refractivity contribution >= 4 is 11.4 Å². The zero-order valence-electron chi connectivity index (χ0n) is 14.2. The van der Waals surface area contributed by atoms with Crippen molar-refractivity contribution in [2.24, 2.45) is 0 Å². The summed E-state index contributed by atoms with van der Waals surface area (Å²) in [6, 6.07) is 14.1. The molecule has 2 aromatic carbocycles. The number of fused-ring (bicyclic) bond motifs is 7. The average molecular weight is 294 g/mol. The maximum Gasteiger partial charge on any atom is 0.142 e. The zero-order chi connectivity index (χ0) is 15.5. The molecule has 0 radical (unpaired) electrons. The van der Waals surface area contributed by atoms with Crippen LogP contribution < -0.4 is 8.97 Å². The van der Waals surface area contributed by atoms with Crippen LogP contribution in [-0.4, -0.2) is 27.2 Å². The molecule has 2 nitrogen and oxygen atoms in total. The fourth-order valence-corrected chi connectivity index (χ4v) is 4.50. The summed E-state index contributed by atoms with van der Waals surface area (Å²) in [6.07, 6.45) is 0. The lowest BCUT2D eigenvalue weighted by Gasteiger charge is -2.34. The molecular formula is C20H26N2+2. The number of nitrogens with zero attached hydrogens (tertiary/aromatic N) is 2. The smallest absolute Gasteiger partial charge is 0.142 e. The van der Waals surface area contributed by atoms with Crippen molar-refractivity contribution in [1.82, 2.24) is 8.97 Å². The molecule has 4 rings (SSSR count). The Bertz CT molecular complexity index is 699.